The Labute approximate surface area is 95.5 Å². The molecule has 88 valence electrons. The number of aliphatic carboxylic acids is 1. The molecule has 1 heterocycles. The van der Waals surface area contributed by atoms with Crippen molar-refractivity contribution >= 4 is 5.97 Å². The van der Waals surface area contributed by atoms with E-state index in [2.05, 4.69) is 4.98 Å². The molecule has 0 bridgehead atoms. The second-order valence-corrected chi connectivity index (χ2v) is 4.32. The first kappa shape index (κ1) is 12.6. The number of hydrogen-bond donors (Lipinski definition) is 2. The van der Waals surface area contributed by atoms with Crippen LogP contribution >= 0.6 is 0 Å². The highest BCUT2D eigenvalue weighted by atomic mass is 16.4. The van der Waals surface area contributed by atoms with Crippen molar-refractivity contribution in [1.82, 2.24) is 4.98 Å². The van der Waals surface area contributed by atoms with Gasteiger partial charge in [0.05, 0.1) is 5.41 Å². The number of carboxylic acid groups (broad SMARTS) is 1. The van der Waals surface area contributed by atoms with Gasteiger partial charge in [-0.15, -0.1) is 0 Å². The molecule has 0 fully saturated rings. The van der Waals surface area contributed by atoms with Gasteiger partial charge in [0.15, 0.2) is 0 Å². The number of pyridine rings is 1. The van der Waals surface area contributed by atoms with E-state index < -0.39 is 11.4 Å². The van der Waals surface area contributed by atoms with E-state index in [0.717, 1.165) is 5.69 Å². The lowest BCUT2D eigenvalue weighted by Crippen LogP contribution is -2.45. The Kier molecular flexibility index (Phi) is 4.01. The van der Waals surface area contributed by atoms with E-state index in [1.807, 2.05) is 32.0 Å². The van der Waals surface area contributed by atoms with Crippen LogP contribution in [0.15, 0.2) is 24.4 Å². The lowest BCUT2D eigenvalue weighted by molar-refractivity contribution is -0.151. The van der Waals surface area contributed by atoms with E-state index in [1.54, 1.807) is 6.20 Å². The van der Waals surface area contributed by atoms with Gasteiger partial charge in [-0.2, -0.15) is 0 Å². The van der Waals surface area contributed by atoms with Crippen molar-refractivity contribution in [3.63, 3.8) is 0 Å². The fourth-order valence-electron chi connectivity index (χ4n) is 1.75. The molecule has 1 unspecified atom stereocenters. The Hall–Kier alpha value is -1.42. The summed E-state index contributed by atoms with van der Waals surface area (Å²) in [5, 5.41) is 9.35. The Bertz CT molecular complexity index is 351. The maximum Gasteiger partial charge on any atom is 0.311 e. The summed E-state index contributed by atoms with van der Waals surface area (Å²) in [5.74, 6) is -0.882. The smallest absolute Gasteiger partial charge is 0.311 e. The van der Waals surface area contributed by atoms with E-state index in [0.29, 0.717) is 6.42 Å². The van der Waals surface area contributed by atoms with Crippen molar-refractivity contribution in [3.05, 3.63) is 30.1 Å². The molecule has 1 aromatic heterocycles. The molecule has 0 radical (unpaired) electrons. The van der Waals surface area contributed by atoms with Crippen molar-refractivity contribution in [2.24, 2.45) is 17.1 Å². The SMILES string of the molecule is CC(C)C(CN)(Cc1ccccn1)C(=O)O. The molecular weight excluding hydrogens is 204 g/mol. The van der Waals surface area contributed by atoms with Crippen LogP contribution in [0.2, 0.25) is 0 Å². The average molecular weight is 222 g/mol. The standard InChI is InChI=1S/C12H18N2O2/c1-9(2)12(8-13,11(15)16)7-10-5-3-4-6-14-10/h3-6,9H,7-8,13H2,1-2H3,(H,15,16). The topological polar surface area (TPSA) is 76.2 Å². The Morgan fingerprint density at radius 1 is 1.56 bits per heavy atom. The number of hydrogen-bond acceptors (Lipinski definition) is 3. The van der Waals surface area contributed by atoms with Crippen molar-refractivity contribution in [1.29, 1.82) is 0 Å². The van der Waals surface area contributed by atoms with Crippen molar-refractivity contribution in [3.8, 4) is 0 Å². The van der Waals surface area contributed by atoms with E-state index in [4.69, 9.17) is 5.73 Å². The Morgan fingerprint density at radius 3 is 2.62 bits per heavy atom. The van der Waals surface area contributed by atoms with Gasteiger partial charge in [0.25, 0.3) is 0 Å². The normalized spacial score (nSPS) is 14.8. The molecule has 4 heteroatoms. The van der Waals surface area contributed by atoms with Crippen molar-refractivity contribution in [2.75, 3.05) is 6.54 Å². The molecular formula is C12H18N2O2. The van der Waals surface area contributed by atoms with E-state index in [9.17, 15) is 9.90 Å². The van der Waals surface area contributed by atoms with Gasteiger partial charge in [-0.1, -0.05) is 19.9 Å². The van der Waals surface area contributed by atoms with Crippen LogP contribution in [0.5, 0.6) is 0 Å². The molecule has 0 aliphatic carbocycles. The average Bonchev–Trinajstić information content (AvgIpc) is 2.26. The molecule has 0 aliphatic rings. The van der Waals surface area contributed by atoms with Crippen LogP contribution in [0, 0.1) is 11.3 Å². The van der Waals surface area contributed by atoms with E-state index in [1.165, 1.54) is 0 Å². The molecule has 0 saturated carbocycles. The number of aromatic nitrogens is 1. The van der Waals surface area contributed by atoms with Crippen LogP contribution in [-0.2, 0) is 11.2 Å². The van der Waals surface area contributed by atoms with Gasteiger partial charge in [0.2, 0.25) is 0 Å². The number of nitrogens with zero attached hydrogens (tertiary/aromatic N) is 1. The predicted octanol–water partition coefficient (Wildman–Crippen LogP) is 1.31. The van der Waals surface area contributed by atoms with Gasteiger partial charge in [0, 0.05) is 24.9 Å². The molecule has 0 aliphatic heterocycles. The minimum absolute atomic E-state index is 0.0305. The zero-order valence-corrected chi connectivity index (χ0v) is 9.68. The number of rotatable bonds is 5. The van der Waals surface area contributed by atoms with Crippen LogP contribution in [0.4, 0.5) is 0 Å². The minimum Gasteiger partial charge on any atom is -0.481 e. The van der Waals surface area contributed by atoms with E-state index >= 15 is 0 Å². The molecule has 3 N–H and O–H groups in total. The third kappa shape index (κ3) is 2.39. The summed E-state index contributed by atoms with van der Waals surface area (Å²) in [6.45, 7) is 3.88. The fraction of sp³-hybridized carbons (Fsp3) is 0.500. The molecule has 0 aromatic carbocycles. The molecule has 0 amide bonds. The van der Waals surface area contributed by atoms with Crippen LogP contribution in [-0.4, -0.2) is 22.6 Å². The summed E-state index contributed by atoms with van der Waals surface area (Å²) >= 11 is 0. The molecule has 0 spiro atoms. The third-order valence-electron chi connectivity index (χ3n) is 3.12. The molecule has 16 heavy (non-hydrogen) atoms. The number of carbonyl (C=O) groups is 1. The van der Waals surface area contributed by atoms with Gasteiger partial charge in [-0.3, -0.25) is 9.78 Å². The van der Waals surface area contributed by atoms with Gasteiger partial charge in [-0.05, 0) is 18.1 Å². The lowest BCUT2D eigenvalue weighted by Gasteiger charge is -2.31. The monoisotopic (exact) mass is 222 g/mol. The quantitative estimate of drug-likeness (QED) is 0.787. The predicted molar refractivity (Wildman–Crippen MR) is 61.9 cm³/mol. The van der Waals surface area contributed by atoms with Gasteiger partial charge < -0.3 is 10.8 Å². The maximum absolute atomic E-state index is 11.4. The fourth-order valence-corrected chi connectivity index (χ4v) is 1.75. The first-order valence-electron chi connectivity index (χ1n) is 5.36. The first-order valence-corrected chi connectivity index (χ1v) is 5.36. The highest BCUT2D eigenvalue weighted by molar-refractivity contribution is 5.75. The zero-order chi connectivity index (χ0) is 12.2. The zero-order valence-electron chi connectivity index (χ0n) is 9.68. The summed E-state index contributed by atoms with van der Waals surface area (Å²) in [7, 11) is 0. The van der Waals surface area contributed by atoms with E-state index in [-0.39, 0.29) is 12.5 Å². The lowest BCUT2D eigenvalue weighted by atomic mass is 9.73. The van der Waals surface area contributed by atoms with Crippen molar-refractivity contribution in [2.45, 2.75) is 20.3 Å². The Balaban J connectivity index is 3.00. The first-order chi connectivity index (χ1) is 7.53. The summed E-state index contributed by atoms with van der Waals surface area (Å²) < 4.78 is 0. The summed E-state index contributed by atoms with van der Waals surface area (Å²) in [4.78, 5) is 15.5. The second kappa shape index (κ2) is 5.07. The molecule has 4 nitrogen and oxygen atoms in total. The maximum atomic E-state index is 11.4. The van der Waals surface area contributed by atoms with Gasteiger partial charge >= 0.3 is 5.97 Å². The largest absolute Gasteiger partial charge is 0.481 e. The third-order valence-corrected chi connectivity index (χ3v) is 3.12. The van der Waals surface area contributed by atoms with Crippen LogP contribution in [0.25, 0.3) is 0 Å². The molecule has 1 aromatic rings. The van der Waals surface area contributed by atoms with Gasteiger partial charge in [0.1, 0.15) is 0 Å². The summed E-state index contributed by atoms with van der Waals surface area (Å²) in [6, 6.07) is 5.49. The minimum atomic E-state index is -0.922. The van der Waals surface area contributed by atoms with Crippen LogP contribution in [0.1, 0.15) is 19.5 Å². The highest BCUT2D eigenvalue weighted by Gasteiger charge is 2.40. The molecule has 1 rings (SSSR count). The Morgan fingerprint density at radius 2 is 2.25 bits per heavy atom. The van der Waals surface area contributed by atoms with Crippen LogP contribution < -0.4 is 5.73 Å². The number of carboxylic acids is 1. The molecule has 0 saturated heterocycles. The van der Waals surface area contributed by atoms with Gasteiger partial charge in [-0.25, -0.2) is 0 Å². The summed E-state index contributed by atoms with van der Waals surface area (Å²) in [5.41, 5.74) is 5.49. The second-order valence-electron chi connectivity index (χ2n) is 4.32. The molecule has 1 atom stereocenters. The highest BCUT2D eigenvalue weighted by Crippen LogP contribution is 2.30. The summed E-state index contributed by atoms with van der Waals surface area (Å²) in [6.07, 6.45) is 2.04. The van der Waals surface area contributed by atoms with Crippen molar-refractivity contribution < 1.29 is 9.90 Å². The number of nitrogens with two attached hydrogens (primary N) is 1. The van der Waals surface area contributed by atoms with Crippen LogP contribution in [0.3, 0.4) is 0 Å².